The van der Waals surface area contributed by atoms with Gasteiger partial charge in [0, 0.05) is 12.5 Å². The van der Waals surface area contributed by atoms with Crippen LogP contribution < -0.4 is 4.72 Å². The van der Waals surface area contributed by atoms with Gasteiger partial charge in [-0.3, -0.25) is 4.79 Å². The molecule has 0 amide bonds. The Kier molecular flexibility index (Phi) is 6.30. The fourth-order valence-electron chi connectivity index (χ4n) is 4.93. The van der Waals surface area contributed by atoms with E-state index in [9.17, 15) is 13.2 Å². The number of carbonyl (C=O) groups is 1. The van der Waals surface area contributed by atoms with E-state index < -0.39 is 16.0 Å². The molecule has 0 saturated heterocycles. The highest BCUT2D eigenvalue weighted by Crippen LogP contribution is 2.61. The summed E-state index contributed by atoms with van der Waals surface area (Å²) < 4.78 is 28.9. The van der Waals surface area contributed by atoms with Gasteiger partial charge < -0.3 is 5.11 Å². The summed E-state index contributed by atoms with van der Waals surface area (Å²) >= 11 is 0. The fraction of sp³-hybridized carbons (Fsp3) is 0.591. The van der Waals surface area contributed by atoms with Gasteiger partial charge in [-0.05, 0) is 67.4 Å². The third-order valence-corrected chi connectivity index (χ3v) is 8.26. The van der Waals surface area contributed by atoms with Gasteiger partial charge in [0.15, 0.2) is 0 Å². The Labute approximate surface area is 168 Å². The fourth-order valence-corrected chi connectivity index (χ4v) is 6.30. The number of hydrogen-bond acceptors (Lipinski definition) is 3. The molecule has 5 nitrogen and oxygen atoms in total. The van der Waals surface area contributed by atoms with Gasteiger partial charge in [-0.1, -0.05) is 44.2 Å². The zero-order valence-corrected chi connectivity index (χ0v) is 17.5. The third-order valence-electron chi connectivity index (χ3n) is 6.79. The van der Waals surface area contributed by atoms with Gasteiger partial charge in [0.1, 0.15) is 0 Å². The quantitative estimate of drug-likeness (QED) is 0.476. The highest BCUT2D eigenvalue weighted by molar-refractivity contribution is 7.89. The van der Waals surface area contributed by atoms with E-state index in [0.717, 1.165) is 25.7 Å². The SMILES string of the molecule is CC1(C)[C@H]2C[C@H](CC=CCCCC(=O)O)[C@H](NS(=O)(=O)c3ccccc3)[C@@H]1C2. The molecule has 0 radical (unpaired) electrons. The summed E-state index contributed by atoms with van der Waals surface area (Å²) in [6.45, 7) is 4.52. The lowest BCUT2D eigenvalue weighted by Crippen LogP contribution is -2.63. The maximum absolute atomic E-state index is 12.9. The van der Waals surface area contributed by atoms with Gasteiger partial charge in [-0.2, -0.15) is 0 Å². The van der Waals surface area contributed by atoms with Crippen LogP contribution in [0.3, 0.4) is 0 Å². The highest BCUT2D eigenvalue weighted by Gasteiger charge is 2.58. The molecule has 3 fully saturated rings. The predicted molar refractivity (Wildman–Crippen MR) is 109 cm³/mol. The summed E-state index contributed by atoms with van der Waals surface area (Å²) in [7, 11) is -3.54. The first-order chi connectivity index (χ1) is 13.2. The van der Waals surface area contributed by atoms with Crippen LogP contribution in [0, 0.1) is 23.2 Å². The van der Waals surface area contributed by atoms with Crippen LogP contribution in [0.4, 0.5) is 0 Å². The van der Waals surface area contributed by atoms with E-state index in [2.05, 4.69) is 24.6 Å². The van der Waals surface area contributed by atoms with Crippen molar-refractivity contribution in [2.45, 2.75) is 63.3 Å². The Bertz CT molecular complexity index is 816. The number of fused-ring (bicyclic) bond motifs is 2. The molecule has 3 aliphatic carbocycles. The Balaban J connectivity index is 1.68. The lowest BCUT2D eigenvalue weighted by Gasteiger charge is -2.62. The molecule has 28 heavy (non-hydrogen) atoms. The highest BCUT2D eigenvalue weighted by atomic mass is 32.2. The minimum absolute atomic E-state index is 0.0612. The van der Waals surface area contributed by atoms with Crippen LogP contribution in [0.2, 0.25) is 0 Å². The number of carboxylic acids is 1. The zero-order chi connectivity index (χ0) is 20.4. The number of unbranched alkanes of at least 4 members (excludes halogenated alkanes) is 1. The predicted octanol–water partition coefficient (Wildman–Crippen LogP) is 4.22. The topological polar surface area (TPSA) is 83.5 Å². The molecule has 0 unspecified atom stereocenters. The molecule has 2 bridgehead atoms. The average molecular weight is 406 g/mol. The Hall–Kier alpha value is -1.66. The Morgan fingerprint density at radius 2 is 1.93 bits per heavy atom. The first-order valence-corrected chi connectivity index (χ1v) is 11.6. The minimum atomic E-state index is -3.54. The van der Waals surface area contributed by atoms with Crippen molar-refractivity contribution in [3.05, 3.63) is 42.5 Å². The standard InChI is InChI=1S/C22H31NO4S/c1-22(2)17-14-16(10-6-3-4-9-13-20(24)25)21(19(22)15-17)23-28(26,27)18-11-7-5-8-12-18/h3,5-8,11-12,16-17,19,21,23H,4,9-10,13-15H2,1-2H3,(H,24,25)/t16-,17-,19-,21-/m0/s1. The molecule has 6 heteroatoms. The second kappa shape index (κ2) is 8.37. The molecule has 4 atom stereocenters. The first-order valence-electron chi connectivity index (χ1n) is 10.2. The van der Waals surface area contributed by atoms with Crippen LogP contribution in [-0.4, -0.2) is 25.5 Å². The lowest BCUT2D eigenvalue weighted by atomic mass is 9.45. The molecule has 154 valence electrons. The van der Waals surface area contributed by atoms with Crippen molar-refractivity contribution in [3.8, 4) is 0 Å². The molecule has 0 aromatic heterocycles. The zero-order valence-electron chi connectivity index (χ0n) is 16.7. The monoisotopic (exact) mass is 405 g/mol. The molecule has 1 aromatic rings. The molecule has 1 aromatic carbocycles. The van der Waals surface area contributed by atoms with Crippen LogP contribution in [0.25, 0.3) is 0 Å². The van der Waals surface area contributed by atoms with E-state index in [1.165, 1.54) is 0 Å². The Morgan fingerprint density at radius 1 is 1.21 bits per heavy atom. The summed E-state index contributed by atoms with van der Waals surface area (Å²) in [6.07, 6.45) is 8.67. The van der Waals surface area contributed by atoms with Gasteiger partial charge in [-0.25, -0.2) is 13.1 Å². The third kappa shape index (κ3) is 4.49. The van der Waals surface area contributed by atoms with E-state index >= 15 is 0 Å². The molecule has 3 saturated carbocycles. The number of aliphatic carboxylic acids is 1. The smallest absolute Gasteiger partial charge is 0.303 e. The number of sulfonamides is 1. The second-order valence-corrected chi connectivity index (χ2v) is 10.5. The van der Waals surface area contributed by atoms with E-state index in [1.807, 2.05) is 12.1 Å². The van der Waals surface area contributed by atoms with Crippen LogP contribution in [-0.2, 0) is 14.8 Å². The largest absolute Gasteiger partial charge is 0.481 e. The second-order valence-electron chi connectivity index (χ2n) is 8.81. The Morgan fingerprint density at radius 3 is 2.57 bits per heavy atom. The number of rotatable bonds is 9. The summed E-state index contributed by atoms with van der Waals surface area (Å²) in [5, 5.41) is 8.70. The molecule has 0 spiro atoms. The molecular weight excluding hydrogens is 374 g/mol. The van der Waals surface area contributed by atoms with Crippen molar-refractivity contribution >= 4 is 16.0 Å². The van der Waals surface area contributed by atoms with E-state index in [-0.39, 0.29) is 23.8 Å². The van der Waals surface area contributed by atoms with E-state index in [1.54, 1.807) is 24.3 Å². The van der Waals surface area contributed by atoms with Gasteiger partial charge >= 0.3 is 5.97 Å². The molecule has 2 N–H and O–H groups in total. The molecule has 4 rings (SSSR count). The van der Waals surface area contributed by atoms with Crippen molar-refractivity contribution in [2.24, 2.45) is 23.2 Å². The van der Waals surface area contributed by atoms with Crippen molar-refractivity contribution in [1.82, 2.24) is 4.72 Å². The number of allylic oxidation sites excluding steroid dienone is 2. The van der Waals surface area contributed by atoms with E-state index in [0.29, 0.717) is 23.2 Å². The number of benzene rings is 1. The van der Waals surface area contributed by atoms with Crippen LogP contribution in [0.15, 0.2) is 47.4 Å². The van der Waals surface area contributed by atoms with E-state index in [4.69, 9.17) is 5.11 Å². The summed E-state index contributed by atoms with van der Waals surface area (Å²) in [5.41, 5.74) is 0.172. The average Bonchev–Trinajstić information content (AvgIpc) is 2.65. The van der Waals surface area contributed by atoms with Crippen LogP contribution in [0.1, 0.15) is 52.4 Å². The molecular formula is C22H31NO4S. The minimum Gasteiger partial charge on any atom is -0.481 e. The van der Waals surface area contributed by atoms with Gasteiger partial charge in [0.2, 0.25) is 10.0 Å². The van der Waals surface area contributed by atoms with Gasteiger partial charge in [0.05, 0.1) is 4.90 Å². The number of nitrogens with one attached hydrogen (secondary N) is 1. The lowest BCUT2D eigenvalue weighted by molar-refractivity contribution is -0.137. The van der Waals surface area contributed by atoms with Crippen molar-refractivity contribution in [1.29, 1.82) is 0 Å². The summed E-state index contributed by atoms with van der Waals surface area (Å²) in [5.74, 6) is 0.528. The number of hydrogen-bond donors (Lipinski definition) is 2. The van der Waals surface area contributed by atoms with Crippen molar-refractivity contribution in [3.63, 3.8) is 0 Å². The molecule has 0 heterocycles. The maximum atomic E-state index is 12.9. The molecule has 3 aliphatic rings. The van der Waals surface area contributed by atoms with Gasteiger partial charge in [-0.15, -0.1) is 0 Å². The summed E-state index contributed by atoms with van der Waals surface area (Å²) in [4.78, 5) is 10.9. The summed E-state index contributed by atoms with van der Waals surface area (Å²) in [6, 6.07) is 8.52. The van der Waals surface area contributed by atoms with Crippen molar-refractivity contribution < 1.29 is 18.3 Å². The van der Waals surface area contributed by atoms with Crippen LogP contribution >= 0.6 is 0 Å². The van der Waals surface area contributed by atoms with Crippen molar-refractivity contribution in [2.75, 3.05) is 0 Å². The molecule has 0 aliphatic heterocycles. The number of carboxylic acid groups (broad SMARTS) is 1. The maximum Gasteiger partial charge on any atom is 0.303 e. The van der Waals surface area contributed by atoms with Crippen LogP contribution in [0.5, 0.6) is 0 Å². The van der Waals surface area contributed by atoms with Gasteiger partial charge in [0.25, 0.3) is 0 Å². The first kappa shape index (κ1) is 21.1. The normalized spacial score (nSPS) is 28.8.